The molecule has 2 N–H and O–H groups in total. The third kappa shape index (κ3) is 3.93. The lowest BCUT2D eigenvalue weighted by molar-refractivity contribution is -0.137. The van der Waals surface area contributed by atoms with Crippen LogP contribution in [0.3, 0.4) is 0 Å². The Morgan fingerprint density at radius 2 is 2.11 bits per heavy atom. The van der Waals surface area contributed by atoms with Gasteiger partial charge in [0.15, 0.2) is 0 Å². The van der Waals surface area contributed by atoms with E-state index in [0.29, 0.717) is 5.69 Å². The molecule has 1 heterocycles. The molecule has 0 saturated carbocycles. The maximum absolute atomic E-state index is 11.2. The van der Waals surface area contributed by atoms with Gasteiger partial charge in [-0.05, 0) is 13.0 Å². The largest absolute Gasteiger partial charge is 0.480 e. The molecule has 7 heteroatoms. The van der Waals surface area contributed by atoms with Crippen LogP contribution in [0, 0.1) is 0 Å². The van der Waals surface area contributed by atoms with Crippen LogP contribution in [0.15, 0.2) is 18.3 Å². The molecule has 1 rings (SSSR count). The van der Waals surface area contributed by atoms with Gasteiger partial charge in [0.05, 0.1) is 11.9 Å². The Morgan fingerprint density at radius 3 is 2.56 bits per heavy atom. The second kappa shape index (κ2) is 5.85. The second-order valence-electron chi connectivity index (χ2n) is 3.85. The summed E-state index contributed by atoms with van der Waals surface area (Å²) in [5, 5.41) is 11.5. The van der Waals surface area contributed by atoms with Crippen molar-refractivity contribution < 1.29 is 19.4 Å². The number of carboxylic acid groups (broad SMARTS) is 1. The van der Waals surface area contributed by atoms with Gasteiger partial charge in [0, 0.05) is 20.2 Å². The van der Waals surface area contributed by atoms with Gasteiger partial charge in [-0.3, -0.25) is 4.79 Å². The number of hydrogen-bond acceptors (Lipinski definition) is 5. The van der Waals surface area contributed by atoms with Crippen molar-refractivity contribution in [2.45, 2.75) is 13.0 Å². The number of rotatable bonds is 4. The molecule has 0 aromatic carbocycles. The Bertz CT molecular complexity index is 430. The molecule has 98 valence electrons. The number of aliphatic carboxylic acids is 1. The minimum atomic E-state index is -0.960. The van der Waals surface area contributed by atoms with Crippen LogP contribution < -0.4 is 10.1 Å². The van der Waals surface area contributed by atoms with E-state index < -0.39 is 18.1 Å². The molecule has 1 amide bonds. The van der Waals surface area contributed by atoms with Crippen molar-refractivity contribution in [2.24, 2.45) is 0 Å². The van der Waals surface area contributed by atoms with Crippen LogP contribution >= 0.6 is 0 Å². The maximum atomic E-state index is 11.2. The quantitative estimate of drug-likeness (QED) is 0.832. The molecule has 0 saturated heterocycles. The van der Waals surface area contributed by atoms with Crippen LogP contribution in [-0.4, -0.2) is 47.2 Å². The van der Waals surface area contributed by atoms with Gasteiger partial charge in [0.25, 0.3) is 0 Å². The van der Waals surface area contributed by atoms with E-state index in [1.165, 1.54) is 24.1 Å². The third-order valence-electron chi connectivity index (χ3n) is 2.05. The van der Waals surface area contributed by atoms with E-state index in [1.807, 2.05) is 0 Å². The van der Waals surface area contributed by atoms with Crippen molar-refractivity contribution in [1.29, 1.82) is 0 Å². The summed E-state index contributed by atoms with van der Waals surface area (Å²) in [6.45, 7) is 1.52. The van der Waals surface area contributed by atoms with E-state index in [1.54, 1.807) is 20.2 Å². The van der Waals surface area contributed by atoms with Crippen LogP contribution in [0.4, 0.5) is 10.5 Å². The van der Waals surface area contributed by atoms with E-state index in [9.17, 15) is 9.59 Å². The molecular formula is C11H15N3O4. The first kappa shape index (κ1) is 13.8. The zero-order valence-corrected chi connectivity index (χ0v) is 10.4. The van der Waals surface area contributed by atoms with E-state index >= 15 is 0 Å². The standard InChI is InChI=1S/C11H15N3O4/c1-7(10(15)16)13-8-4-5-9(12-6-8)18-11(17)14(2)3/h4-7,13H,1-3H3,(H,15,16). The van der Waals surface area contributed by atoms with Gasteiger partial charge in [0.1, 0.15) is 6.04 Å². The number of hydrogen-bond donors (Lipinski definition) is 2. The molecule has 1 unspecified atom stereocenters. The number of carboxylic acids is 1. The zero-order valence-electron chi connectivity index (χ0n) is 10.4. The molecule has 1 aromatic rings. The molecular weight excluding hydrogens is 238 g/mol. The molecule has 7 nitrogen and oxygen atoms in total. The fourth-order valence-corrected chi connectivity index (χ4v) is 1.02. The molecule has 0 bridgehead atoms. The Kier molecular flexibility index (Phi) is 4.47. The number of pyridine rings is 1. The van der Waals surface area contributed by atoms with Crippen molar-refractivity contribution in [3.8, 4) is 5.88 Å². The van der Waals surface area contributed by atoms with Crippen LogP contribution in [-0.2, 0) is 4.79 Å². The summed E-state index contributed by atoms with van der Waals surface area (Å²) in [5.41, 5.74) is 0.537. The molecule has 0 aliphatic carbocycles. The number of anilines is 1. The zero-order chi connectivity index (χ0) is 13.7. The third-order valence-corrected chi connectivity index (χ3v) is 2.05. The molecule has 0 fully saturated rings. The van der Waals surface area contributed by atoms with E-state index in [2.05, 4.69) is 10.3 Å². The van der Waals surface area contributed by atoms with Gasteiger partial charge in [0.2, 0.25) is 5.88 Å². The smallest absolute Gasteiger partial charge is 0.416 e. The number of nitrogens with one attached hydrogen (secondary N) is 1. The molecule has 1 atom stereocenters. The monoisotopic (exact) mass is 253 g/mol. The van der Waals surface area contributed by atoms with E-state index in [-0.39, 0.29) is 5.88 Å². The number of carbonyl (C=O) groups is 2. The van der Waals surface area contributed by atoms with Gasteiger partial charge >= 0.3 is 12.1 Å². The molecule has 0 radical (unpaired) electrons. The van der Waals surface area contributed by atoms with Crippen molar-refractivity contribution in [1.82, 2.24) is 9.88 Å². The lowest BCUT2D eigenvalue weighted by Crippen LogP contribution is -2.26. The van der Waals surface area contributed by atoms with Crippen molar-refractivity contribution in [3.63, 3.8) is 0 Å². The van der Waals surface area contributed by atoms with Crippen molar-refractivity contribution in [2.75, 3.05) is 19.4 Å². The summed E-state index contributed by atoms with van der Waals surface area (Å²) in [5.74, 6) is -0.805. The van der Waals surface area contributed by atoms with Gasteiger partial charge in [-0.1, -0.05) is 0 Å². The van der Waals surface area contributed by atoms with Crippen LogP contribution in [0.2, 0.25) is 0 Å². The minimum Gasteiger partial charge on any atom is -0.480 e. The highest BCUT2D eigenvalue weighted by Crippen LogP contribution is 2.13. The SMILES string of the molecule is CC(Nc1ccc(OC(=O)N(C)C)nc1)C(=O)O. The lowest BCUT2D eigenvalue weighted by Gasteiger charge is -2.12. The average molecular weight is 253 g/mol. The highest BCUT2D eigenvalue weighted by Gasteiger charge is 2.11. The van der Waals surface area contributed by atoms with Crippen LogP contribution in [0.1, 0.15) is 6.92 Å². The predicted octanol–water partition coefficient (Wildman–Crippen LogP) is 1.03. The van der Waals surface area contributed by atoms with Gasteiger partial charge in [-0.25, -0.2) is 9.78 Å². The number of amides is 1. The van der Waals surface area contributed by atoms with Crippen LogP contribution in [0.5, 0.6) is 5.88 Å². The number of nitrogens with zero attached hydrogens (tertiary/aromatic N) is 2. The lowest BCUT2D eigenvalue weighted by atomic mass is 10.3. The summed E-state index contributed by atoms with van der Waals surface area (Å²) in [6.07, 6.45) is 0.875. The molecule has 0 aliphatic heterocycles. The Labute approximate surface area is 104 Å². The first-order valence-electron chi connectivity index (χ1n) is 5.24. The average Bonchev–Trinajstić information content (AvgIpc) is 2.31. The highest BCUT2D eigenvalue weighted by atomic mass is 16.6. The molecule has 1 aromatic heterocycles. The molecule has 0 spiro atoms. The van der Waals surface area contributed by atoms with Gasteiger partial charge < -0.3 is 20.1 Å². The first-order chi connectivity index (χ1) is 8.40. The molecule has 18 heavy (non-hydrogen) atoms. The highest BCUT2D eigenvalue weighted by molar-refractivity contribution is 5.76. The number of aromatic nitrogens is 1. The fourth-order valence-electron chi connectivity index (χ4n) is 1.02. The van der Waals surface area contributed by atoms with Crippen molar-refractivity contribution in [3.05, 3.63) is 18.3 Å². The van der Waals surface area contributed by atoms with E-state index in [0.717, 1.165) is 0 Å². The minimum absolute atomic E-state index is 0.155. The van der Waals surface area contributed by atoms with Gasteiger partial charge in [-0.2, -0.15) is 0 Å². The summed E-state index contributed by atoms with van der Waals surface area (Å²) in [7, 11) is 3.12. The van der Waals surface area contributed by atoms with Crippen molar-refractivity contribution >= 4 is 17.7 Å². The fraction of sp³-hybridized carbons (Fsp3) is 0.364. The summed E-state index contributed by atoms with van der Waals surface area (Å²) < 4.78 is 4.92. The van der Waals surface area contributed by atoms with E-state index in [4.69, 9.17) is 9.84 Å². The molecule has 0 aliphatic rings. The number of ether oxygens (including phenoxy) is 1. The number of carbonyl (C=O) groups excluding carboxylic acids is 1. The predicted molar refractivity (Wildman–Crippen MR) is 64.7 cm³/mol. The summed E-state index contributed by atoms with van der Waals surface area (Å²) >= 11 is 0. The summed E-state index contributed by atoms with van der Waals surface area (Å²) in [6, 6.07) is 2.35. The first-order valence-corrected chi connectivity index (χ1v) is 5.24. The Hall–Kier alpha value is -2.31. The summed E-state index contributed by atoms with van der Waals surface area (Å²) in [4.78, 5) is 27.0. The maximum Gasteiger partial charge on any atom is 0.416 e. The Balaban J connectivity index is 2.63. The topological polar surface area (TPSA) is 91.8 Å². The normalized spacial score (nSPS) is 11.5. The van der Waals surface area contributed by atoms with Gasteiger partial charge in [-0.15, -0.1) is 0 Å². The second-order valence-corrected chi connectivity index (χ2v) is 3.85. The Morgan fingerprint density at radius 1 is 1.44 bits per heavy atom. The van der Waals surface area contributed by atoms with Crippen LogP contribution in [0.25, 0.3) is 0 Å².